The fourth-order valence-electron chi connectivity index (χ4n) is 1.92. The highest BCUT2D eigenvalue weighted by molar-refractivity contribution is 5.73. The van der Waals surface area contributed by atoms with Crippen molar-refractivity contribution < 1.29 is 9.53 Å². The number of ether oxygens (including phenoxy) is 1. The second-order valence-electron chi connectivity index (χ2n) is 4.17. The molecule has 0 aromatic rings. The lowest BCUT2D eigenvalue weighted by Gasteiger charge is -2.37. The minimum atomic E-state index is -0.166. The van der Waals surface area contributed by atoms with Crippen molar-refractivity contribution in [3.05, 3.63) is 0 Å². The Morgan fingerprint density at radius 2 is 2.21 bits per heavy atom. The zero-order valence-corrected chi connectivity index (χ0v) is 9.19. The SMILES string of the molecule is COC(=O)C1CCN(C(C)C)CC1N. The molecule has 1 saturated heterocycles. The molecule has 1 aliphatic rings. The van der Waals surface area contributed by atoms with Gasteiger partial charge in [0.15, 0.2) is 0 Å². The lowest BCUT2D eigenvalue weighted by molar-refractivity contribution is -0.147. The van der Waals surface area contributed by atoms with Gasteiger partial charge in [0.1, 0.15) is 0 Å². The molecule has 0 aliphatic carbocycles. The smallest absolute Gasteiger partial charge is 0.310 e. The van der Waals surface area contributed by atoms with Crippen molar-refractivity contribution in [1.82, 2.24) is 4.90 Å². The van der Waals surface area contributed by atoms with Crippen LogP contribution >= 0.6 is 0 Å². The lowest BCUT2D eigenvalue weighted by atomic mass is 9.91. The molecular formula is C10H20N2O2. The van der Waals surface area contributed by atoms with Crippen molar-refractivity contribution in [3.63, 3.8) is 0 Å². The number of piperidine rings is 1. The van der Waals surface area contributed by atoms with E-state index in [1.165, 1.54) is 7.11 Å². The van der Waals surface area contributed by atoms with E-state index in [2.05, 4.69) is 18.7 Å². The molecule has 1 fully saturated rings. The standard InChI is InChI=1S/C10H20N2O2/c1-7(2)12-5-4-8(9(11)6-12)10(13)14-3/h7-9H,4-6,11H2,1-3H3. The van der Waals surface area contributed by atoms with Crippen LogP contribution in [0, 0.1) is 5.92 Å². The third-order valence-corrected chi connectivity index (χ3v) is 2.92. The zero-order valence-electron chi connectivity index (χ0n) is 9.19. The first kappa shape index (κ1) is 11.5. The van der Waals surface area contributed by atoms with Crippen LogP contribution in [0.25, 0.3) is 0 Å². The number of methoxy groups -OCH3 is 1. The van der Waals surface area contributed by atoms with Gasteiger partial charge in [-0.3, -0.25) is 9.69 Å². The molecule has 1 heterocycles. The van der Waals surface area contributed by atoms with Crippen LogP contribution in [0.4, 0.5) is 0 Å². The predicted molar refractivity (Wildman–Crippen MR) is 54.8 cm³/mol. The molecule has 0 bridgehead atoms. The Balaban J connectivity index is 2.51. The maximum atomic E-state index is 11.3. The number of carbonyl (C=O) groups excluding carboxylic acids is 1. The van der Waals surface area contributed by atoms with Gasteiger partial charge in [-0.15, -0.1) is 0 Å². The minimum Gasteiger partial charge on any atom is -0.469 e. The van der Waals surface area contributed by atoms with E-state index in [-0.39, 0.29) is 17.9 Å². The third-order valence-electron chi connectivity index (χ3n) is 2.92. The highest BCUT2D eigenvalue weighted by Gasteiger charge is 2.32. The van der Waals surface area contributed by atoms with Crippen LogP contribution in [0.5, 0.6) is 0 Å². The van der Waals surface area contributed by atoms with E-state index >= 15 is 0 Å². The molecule has 1 aliphatic heterocycles. The first-order chi connectivity index (χ1) is 6.56. The first-order valence-electron chi connectivity index (χ1n) is 5.13. The molecule has 82 valence electrons. The van der Waals surface area contributed by atoms with Crippen molar-refractivity contribution in [3.8, 4) is 0 Å². The van der Waals surface area contributed by atoms with Crippen LogP contribution in [-0.2, 0) is 9.53 Å². The van der Waals surface area contributed by atoms with Gasteiger partial charge in [-0.25, -0.2) is 0 Å². The van der Waals surface area contributed by atoms with Crippen LogP contribution in [0.1, 0.15) is 20.3 Å². The van der Waals surface area contributed by atoms with Gasteiger partial charge in [-0.05, 0) is 26.8 Å². The van der Waals surface area contributed by atoms with Crippen LogP contribution in [-0.4, -0.2) is 43.2 Å². The highest BCUT2D eigenvalue weighted by atomic mass is 16.5. The third kappa shape index (κ3) is 2.45. The van der Waals surface area contributed by atoms with E-state index < -0.39 is 0 Å². The summed E-state index contributed by atoms with van der Waals surface area (Å²) in [5.41, 5.74) is 5.94. The number of hydrogen-bond donors (Lipinski definition) is 1. The molecule has 0 saturated carbocycles. The number of hydrogen-bond acceptors (Lipinski definition) is 4. The number of rotatable bonds is 2. The molecule has 2 N–H and O–H groups in total. The quantitative estimate of drug-likeness (QED) is 0.648. The Bertz CT molecular complexity index is 206. The molecule has 2 atom stereocenters. The topological polar surface area (TPSA) is 55.6 Å². The van der Waals surface area contributed by atoms with Crippen LogP contribution < -0.4 is 5.73 Å². The van der Waals surface area contributed by atoms with E-state index in [9.17, 15) is 4.79 Å². The Kier molecular flexibility index (Phi) is 3.89. The minimum absolute atomic E-state index is 0.0846. The average Bonchev–Trinajstić information content (AvgIpc) is 2.16. The maximum absolute atomic E-state index is 11.3. The predicted octanol–water partition coefficient (Wildman–Crippen LogP) is 0.217. The van der Waals surface area contributed by atoms with E-state index in [1.807, 2.05) is 0 Å². The summed E-state index contributed by atoms with van der Waals surface area (Å²) in [7, 11) is 1.42. The van der Waals surface area contributed by atoms with Gasteiger partial charge in [0.25, 0.3) is 0 Å². The summed E-state index contributed by atoms with van der Waals surface area (Å²) in [6, 6.07) is 0.415. The number of nitrogens with two attached hydrogens (primary N) is 1. The van der Waals surface area contributed by atoms with Crippen LogP contribution in [0.2, 0.25) is 0 Å². The second kappa shape index (κ2) is 4.75. The number of carbonyl (C=O) groups is 1. The number of nitrogens with zero attached hydrogens (tertiary/aromatic N) is 1. The Morgan fingerprint density at radius 3 is 2.64 bits per heavy atom. The molecule has 4 heteroatoms. The van der Waals surface area contributed by atoms with Crippen molar-refractivity contribution in [2.75, 3.05) is 20.2 Å². The number of esters is 1. The monoisotopic (exact) mass is 200 g/mol. The average molecular weight is 200 g/mol. The van der Waals surface area contributed by atoms with Crippen LogP contribution in [0.3, 0.4) is 0 Å². The summed E-state index contributed by atoms with van der Waals surface area (Å²) in [5, 5.41) is 0. The molecule has 0 spiro atoms. The molecule has 0 radical (unpaired) electrons. The van der Waals surface area contributed by atoms with E-state index in [0.717, 1.165) is 19.5 Å². The van der Waals surface area contributed by atoms with E-state index in [4.69, 9.17) is 10.5 Å². The Morgan fingerprint density at radius 1 is 1.57 bits per heavy atom. The molecule has 0 aromatic heterocycles. The van der Waals surface area contributed by atoms with Gasteiger partial charge in [0, 0.05) is 18.6 Å². The van der Waals surface area contributed by atoms with E-state index in [0.29, 0.717) is 6.04 Å². The Hall–Kier alpha value is -0.610. The first-order valence-corrected chi connectivity index (χ1v) is 5.13. The molecule has 1 rings (SSSR count). The zero-order chi connectivity index (χ0) is 10.7. The van der Waals surface area contributed by atoms with E-state index in [1.54, 1.807) is 0 Å². The number of likely N-dealkylation sites (tertiary alicyclic amines) is 1. The van der Waals surface area contributed by atoms with Gasteiger partial charge >= 0.3 is 5.97 Å². The summed E-state index contributed by atoms with van der Waals surface area (Å²) in [5.74, 6) is -0.282. The van der Waals surface area contributed by atoms with Crippen molar-refractivity contribution in [2.45, 2.75) is 32.4 Å². The summed E-state index contributed by atoms with van der Waals surface area (Å²) < 4.78 is 4.72. The van der Waals surface area contributed by atoms with Crippen LogP contribution in [0.15, 0.2) is 0 Å². The molecule has 0 amide bonds. The molecule has 2 unspecified atom stereocenters. The summed E-state index contributed by atoms with van der Waals surface area (Å²) >= 11 is 0. The van der Waals surface area contributed by atoms with Gasteiger partial charge < -0.3 is 10.5 Å². The summed E-state index contributed by atoms with van der Waals surface area (Å²) in [6.45, 7) is 6.01. The maximum Gasteiger partial charge on any atom is 0.310 e. The van der Waals surface area contributed by atoms with Crippen molar-refractivity contribution >= 4 is 5.97 Å². The fourth-order valence-corrected chi connectivity index (χ4v) is 1.92. The largest absolute Gasteiger partial charge is 0.469 e. The molecule has 14 heavy (non-hydrogen) atoms. The lowest BCUT2D eigenvalue weighted by Crippen LogP contribution is -2.53. The second-order valence-corrected chi connectivity index (χ2v) is 4.17. The fraction of sp³-hybridized carbons (Fsp3) is 0.900. The van der Waals surface area contributed by atoms with Crippen molar-refractivity contribution in [1.29, 1.82) is 0 Å². The van der Waals surface area contributed by atoms with Gasteiger partial charge in [-0.1, -0.05) is 0 Å². The normalized spacial score (nSPS) is 29.2. The molecule has 0 aromatic carbocycles. The summed E-state index contributed by atoms with van der Waals surface area (Å²) in [6.07, 6.45) is 0.812. The molecular weight excluding hydrogens is 180 g/mol. The highest BCUT2D eigenvalue weighted by Crippen LogP contribution is 2.19. The molecule has 4 nitrogen and oxygen atoms in total. The van der Waals surface area contributed by atoms with Gasteiger partial charge in [0.05, 0.1) is 13.0 Å². The Labute approximate surface area is 85.4 Å². The summed E-state index contributed by atoms with van der Waals surface area (Å²) in [4.78, 5) is 13.6. The van der Waals surface area contributed by atoms with Gasteiger partial charge in [0.2, 0.25) is 0 Å². The van der Waals surface area contributed by atoms with Crippen molar-refractivity contribution in [2.24, 2.45) is 11.7 Å². The van der Waals surface area contributed by atoms with Gasteiger partial charge in [-0.2, -0.15) is 0 Å².